The second kappa shape index (κ2) is 3.70. The summed E-state index contributed by atoms with van der Waals surface area (Å²) in [6.45, 7) is 0. The number of nitriles is 1. The van der Waals surface area contributed by atoms with Gasteiger partial charge in [-0.3, -0.25) is 0 Å². The Bertz CT molecular complexity index is 286. The predicted molar refractivity (Wildman–Crippen MR) is 46.3 cm³/mol. The highest BCUT2D eigenvalue weighted by molar-refractivity contribution is 9.10. The first-order chi connectivity index (χ1) is 5.25. The molecule has 0 N–H and O–H groups in total. The topological polar surface area (TPSA) is 36.7 Å². The fourth-order valence-electron chi connectivity index (χ4n) is 0.682. The van der Waals surface area contributed by atoms with Crippen LogP contribution in [0.2, 0.25) is 5.15 Å². The van der Waals surface area contributed by atoms with Crippen LogP contribution < -0.4 is 0 Å². The molecular weight excluding hydrogens is 227 g/mol. The monoisotopic (exact) mass is 230 g/mol. The summed E-state index contributed by atoms with van der Waals surface area (Å²) in [6, 6.07) is 3.77. The van der Waals surface area contributed by atoms with Crippen molar-refractivity contribution in [3.05, 3.63) is 27.5 Å². The van der Waals surface area contributed by atoms with Crippen LogP contribution >= 0.6 is 27.5 Å². The first-order valence-electron chi connectivity index (χ1n) is 2.91. The molecule has 0 atom stereocenters. The van der Waals surface area contributed by atoms with Gasteiger partial charge in [-0.1, -0.05) is 27.5 Å². The van der Waals surface area contributed by atoms with E-state index in [9.17, 15) is 0 Å². The Labute approximate surface area is 77.9 Å². The summed E-state index contributed by atoms with van der Waals surface area (Å²) in [5.41, 5.74) is 0.747. The highest BCUT2D eigenvalue weighted by Gasteiger charge is 2.03. The maximum Gasteiger partial charge on any atom is 0.134 e. The van der Waals surface area contributed by atoms with Gasteiger partial charge in [0.15, 0.2) is 0 Å². The third kappa shape index (κ3) is 1.92. The molecule has 0 saturated carbocycles. The van der Waals surface area contributed by atoms with Crippen LogP contribution in [0.4, 0.5) is 0 Å². The lowest BCUT2D eigenvalue weighted by atomic mass is 10.2. The molecule has 1 aromatic heterocycles. The van der Waals surface area contributed by atoms with Crippen LogP contribution in [0.15, 0.2) is 16.7 Å². The van der Waals surface area contributed by atoms with E-state index in [1.807, 2.05) is 6.07 Å². The molecular formula is C7H4BrClN2. The quantitative estimate of drug-likeness (QED) is 0.697. The average molecular weight is 231 g/mol. The van der Waals surface area contributed by atoms with Gasteiger partial charge in [0.25, 0.3) is 0 Å². The molecule has 1 aromatic rings. The van der Waals surface area contributed by atoms with Crippen molar-refractivity contribution >= 4 is 27.5 Å². The van der Waals surface area contributed by atoms with Gasteiger partial charge in [0.1, 0.15) is 5.15 Å². The van der Waals surface area contributed by atoms with Gasteiger partial charge in [-0.25, -0.2) is 4.98 Å². The lowest BCUT2D eigenvalue weighted by molar-refractivity contribution is 1.17. The van der Waals surface area contributed by atoms with Crippen molar-refractivity contribution in [2.24, 2.45) is 0 Å². The molecule has 0 amide bonds. The largest absolute Gasteiger partial charge is 0.244 e. The molecule has 0 bridgehead atoms. The Balaban J connectivity index is 3.12. The fraction of sp³-hybridized carbons (Fsp3) is 0.143. The summed E-state index contributed by atoms with van der Waals surface area (Å²) in [5, 5.41) is 8.80. The molecule has 4 heteroatoms. The Morgan fingerprint density at radius 1 is 1.73 bits per heavy atom. The molecule has 0 radical (unpaired) electrons. The van der Waals surface area contributed by atoms with Crippen LogP contribution in [0.25, 0.3) is 0 Å². The summed E-state index contributed by atoms with van der Waals surface area (Å²) < 4.78 is 0.832. The molecule has 0 aromatic carbocycles. The minimum absolute atomic E-state index is 0.285. The number of nitrogens with zero attached hydrogens (tertiary/aromatic N) is 2. The van der Waals surface area contributed by atoms with Crippen molar-refractivity contribution < 1.29 is 0 Å². The van der Waals surface area contributed by atoms with Gasteiger partial charge >= 0.3 is 0 Å². The van der Waals surface area contributed by atoms with Gasteiger partial charge in [0, 0.05) is 16.2 Å². The fourth-order valence-corrected chi connectivity index (χ4v) is 1.47. The van der Waals surface area contributed by atoms with Gasteiger partial charge in [-0.2, -0.15) is 5.26 Å². The molecule has 0 fully saturated rings. The molecule has 56 valence electrons. The van der Waals surface area contributed by atoms with Crippen molar-refractivity contribution in [1.29, 1.82) is 5.26 Å². The maximum atomic E-state index is 8.41. The van der Waals surface area contributed by atoms with E-state index >= 15 is 0 Å². The predicted octanol–water partition coefficient (Wildman–Crippen LogP) is 2.56. The van der Waals surface area contributed by atoms with E-state index < -0.39 is 0 Å². The van der Waals surface area contributed by atoms with Gasteiger partial charge < -0.3 is 0 Å². The number of halogens is 2. The lowest BCUT2D eigenvalue weighted by Crippen LogP contribution is -1.87. The molecule has 0 aliphatic rings. The Kier molecular flexibility index (Phi) is 2.86. The summed E-state index contributed by atoms with van der Waals surface area (Å²) in [7, 11) is 0. The van der Waals surface area contributed by atoms with Gasteiger partial charge in [0.2, 0.25) is 0 Å². The molecule has 0 aliphatic heterocycles. The molecule has 0 unspecified atom stereocenters. The van der Waals surface area contributed by atoms with Crippen molar-refractivity contribution in [3.63, 3.8) is 0 Å². The molecule has 0 spiro atoms. The third-order valence-electron chi connectivity index (χ3n) is 1.20. The standard InChI is InChI=1S/C7H4BrClN2/c8-6-2-4-11-7(9)5(6)1-3-10/h2,4H,1H2. The van der Waals surface area contributed by atoms with E-state index in [4.69, 9.17) is 16.9 Å². The first-order valence-corrected chi connectivity index (χ1v) is 4.08. The Morgan fingerprint density at radius 3 is 3.00 bits per heavy atom. The van der Waals surface area contributed by atoms with E-state index in [1.165, 1.54) is 0 Å². The summed E-state index contributed by atoms with van der Waals surface area (Å²) in [5.74, 6) is 0. The first kappa shape index (κ1) is 8.51. The highest BCUT2D eigenvalue weighted by atomic mass is 79.9. The molecule has 11 heavy (non-hydrogen) atoms. The lowest BCUT2D eigenvalue weighted by Gasteiger charge is -1.99. The normalized spacial score (nSPS) is 9.18. The zero-order valence-corrected chi connectivity index (χ0v) is 7.85. The molecule has 2 nitrogen and oxygen atoms in total. The van der Waals surface area contributed by atoms with Crippen LogP contribution in [0.3, 0.4) is 0 Å². The van der Waals surface area contributed by atoms with Crippen molar-refractivity contribution in [2.45, 2.75) is 6.42 Å². The number of rotatable bonds is 1. The minimum atomic E-state index is 0.285. The summed E-state index contributed by atoms with van der Waals surface area (Å²) in [6.07, 6.45) is 1.88. The summed E-state index contributed by atoms with van der Waals surface area (Å²) in [4.78, 5) is 3.84. The zero-order valence-electron chi connectivity index (χ0n) is 5.51. The van der Waals surface area contributed by atoms with E-state index in [2.05, 4.69) is 20.9 Å². The molecule has 0 aliphatic carbocycles. The third-order valence-corrected chi connectivity index (χ3v) is 2.27. The van der Waals surface area contributed by atoms with Crippen LogP contribution in [-0.2, 0) is 6.42 Å². The van der Waals surface area contributed by atoms with Crippen molar-refractivity contribution in [1.82, 2.24) is 4.98 Å². The summed E-state index contributed by atoms with van der Waals surface area (Å²) >= 11 is 8.99. The maximum absolute atomic E-state index is 8.41. The molecule has 0 saturated heterocycles. The van der Waals surface area contributed by atoms with Crippen molar-refractivity contribution in [2.75, 3.05) is 0 Å². The Morgan fingerprint density at radius 2 is 2.45 bits per heavy atom. The van der Waals surface area contributed by atoms with Crippen LogP contribution in [-0.4, -0.2) is 4.98 Å². The molecule has 1 heterocycles. The zero-order chi connectivity index (χ0) is 8.27. The van der Waals surface area contributed by atoms with Gasteiger partial charge in [-0.15, -0.1) is 0 Å². The highest BCUT2D eigenvalue weighted by Crippen LogP contribution is 2.22. The van der Waals surface area contributed by atoms with Crippen LogP contribution in [0.5, 0.6) is 0 Å². The number of hydrogen-bond donors (Lipinski definition) is 0. The Hall–Kier alpha value is -0.590. The number of aromatic nitrogens is 1. The van der Waals surface area contributed by atoms with E-state index in [1.54, 1.807) is 12.3 Å². The number of hydrogen-bond acceptors (Lipinski definition) is 2. The van der Waals surface area contributed by atoms with E-state index in [-0.39, 0.29) is 6.42 Å². The average Bonchev–Trinajstić information content (AvgIpc) is 1.97. The minimum Gasteiger partial charge on any atom is -0.244 e. The SMILES string of the molecule is N#CCc1c(Br)ccnc1Cl. The van der Waals surface area contributed by atoms with Gasteiger partial charge in [0.05, 0.1) is 12.5 Å². The van der Waals surface area contributed by atoms with Crippen molar-refractivity contribution in [3.8, 4) is 6.07 Å². The van der Waals surface area contributed by atoms with E-state index in [0.717, 1.165) is 10.0 Å². The van der Waals surface area contributed by atoms with Crippen LogP contribution in [0, 0.1) is 11.3 Å². The second-order valence-electron chi connectivity index (χ2n) is 1.90. The smallest absolute Gasteiger partial charge is 0.134 e. The second-order valence-corrected chi connectivity index (χ2v) is 3.11. The number of pyridine rings is 1. The van der Waals surface area contributed by atoms with E-state index in [0.29, 0.717) is 5.15 Å². The molecule has 1 rings (SSSR count). The van der Waals surface area contributed by atoms with Gasteiger partial charge in [-0.05, 0) is 6.07 Å². The van der Waals surface area contributed by atoms with Crippen LogP contribution in [0.1, 0.15) is 5.56 Å².